The Labute approximate surface area is 124 Å². The van der Waals surface area contributed by atoms with Crippen LogP contribution in [-0.4, -0.2) is 33.0 Å². The Bertz CT molecular complexity index is 573. The first-order valence-electron chi connectivity index (χ1n) is 7.15. The smallest absolute Gasteiger partial charge is 0.158 e. The summed E-state index contributed by atoms with van der Waals surface area (Å²) in [6, 6.07) is 0. The van der Waals surface area contributed by atoms with Crippen molar-refractivity contribution in [2.75, 3.05) is 13.7 Å². The topological polar surface area (TPSA) is 44.9 Å². The molecule has 0 N–H and O–H groups in total. The largest absolute Gasteiger partial charge is 0.385 e. The van der Waals surface area contributed by atoms with Crippen LogP contribution in [0.3, 0.4) is 0 Å². The predicted octanol–water partition coefficient (Wildman–Crippen LogP) is 3.06. The Morgan fingerprint density at radius 1 is 1.35 bits per heavy atom. The van der Waals surface area contributed by atoms with Crippen LogP contribution in [0.2, 0.25) is 0 Å². The quantitative estimate of drug-likeness (QED) is 0.583. The molecule has 5 nitrogen and oxygen atoms in total. The molecule has 112 valence electrons. The molecule has 2 rings (SSSR count). The first-order valence-corrected chi connectivity index (χ1v) is 7.58. The summed E-state index contributed by atoms with van der Waals surface area (Å²) >= 11 is 6.29. The maximum absolute atomic E-state index is 6.29. The molecule has 1 atom stereocenters. The summed E-state index contributed by atoms with van der Waals surface area (Å²) in [5.41, 5.74) is 3.10. The van der Waals surface area contributed by atoms with Crippen LogP contribution in [-0.2, 0) is 24.8 Å². The SMILES string of the molecule is CCc1nn(C)c2c1nc(C(C)Cl)n2CCCCOC. The second kappa shape index (κ2) is 6.59. The Balaban J connectivity index is 2.37. The van der Waals surface area contributed by atoms with Crippen molar-refractivity contribution in [2.45, 2.75) is 45.0 Å². The van der Waals surface area contributed by atoms with Gasteiger partial charge >= 0.3 is 0 Å². The molecule has 6 heteroatoms. The van der Waals surface area contributed by atoms with Crippen LogP contribution in [0.15, 0.2) is 0 Å². The van der Waals surface area contributed by atoms with Crippen molar-refractivity contribution in [1.29, 1.82) is 0 Å². The van der Waals surface area contributed by atoms with Crippen molar-refractivity contribution >= 4 is 22.8 Å². The number of halogens is 1. The number of imidazole rings is 1. The highest BCUT2D eigenvalue weighted by Crippen LogP contribution is 2.26. The fourth-order valence-corrected chi connectivity index (χ4v) is 2.70. The van der Waals surface area contributed by atoms with Crippen LogP contribution in [0, 0.1) is 0 Å². The van der Waals surface area contributed by atoms with Crippen molar-refractivity contribution in [3.8, 4) is 0 Å². The molecule has 0 amide bonds. The Kier molecular flexibility index (Phi) is 5.05. The average molecular weight is 299 g/mol. The second-order valence-electron chi connectivity index (χ2n) is 5.03. The molecule has 20 heavy (non-hydrogen) atoms. The van der Waals surface area contributed by atoms with Crippen LogP contribution in [0.1, 0.15) is 43.6 Å². The molecule has 0 radical (unpaired) electrons. The van der Waals surface area contributed by atoms with Crippen LogP contribution >= 0.6 is 11.6 Å². The third-order valence-electron chi connectivity index (χ3n) is 3.49. The highest BCUT2D eigenvalue weighted by molar-refractivity contribution is 6.20. The number of hydrogen-bond donors (Lipinski definition) is 0. The predicted molar refractivity (Wildman–Crippen MR) is 81.3 cm³/mol. The molecule has 2 heterocycles. The third-order valence-corrected chi connectivity index (χ3v) is 3.69. The van der Waals surface area contributed by atoms with E-state index in [2.05, 4.69) is 16.6 Å². The summed E-state index contributed by atoms with van der Waals surface area (Å²) in [5, 5.41) is 4.44. The van der Waals surface area contributed by atoms with Gasteiger partial charge in [0.15, 0.2) is 5.65 Å². The molecule has 2 aromatic rings. The van der Waals surface area contributed by atoms with Crippen molar-refractivity contribution in [3.05, 3.63) is 11.5 Å². The lowest BCUT2D eigenvalue weighted by atomic mass is 10.3. The van der Waals surface area contributed by atoms with E-state index in [1.54, 1.807) is 7.11 Å². The highest BCUT2D eigenvalue weighted by Gasteiger charge is 2.20. The number of methoxy groups -OCH3 is 1. The molecule has 0 spiro atoms. The van der Waals surface area contributed by atoms with Gasteiger partial charge in [-0.1, -0.05) is 6.92 Å². The lowest BCUT2D eigenvalue weighted by Crippen LogP contribution is -2.09. The monoisotopic (exact) mass is 298 g/mol. The van der Waals surface area contributed by atoms with Gasteiger partial charge in [0.05, 0.1) is 11.1 Å². The number of alkyl halides is 1. The molecule has 0 saturated heterocycles. The zero-order valence-electron chi connectivity index (χ0n) is 12.7. The summed E-state index contributed by atoms with van der Waals surface area (Å²) in [7, 11) is 3.70. The molecular weight excluding hydrogens is 276 g/mol. The molecule has 1 unspecified atom stereocenters. The lowest BCUT2D eigenvalue weighted by Gasteiger charge is -2.10. The molecule has 0 saturated carbocycles. The van der Waals surface area contributed by atoms with Gasteiger partial charge < -0.3 is 9.30 Å². The fourth-order valence-electron chi connectivity index (χ4n) is 2.54. The number of unbranched alkanes of at least 4 members (excludes halogenated alkanes) is 1. The Morgan fingerprint density at radius 2 is 2.10 bits per heavy atom. The fraction of sp³-hybridized carbons (Fsp3) is 0.714. The van der Waals surface area contributed by atoms with Gasteiger partial charge in [0.2, 0.25) is 0 Å². The Hall–Kier alpha value is -1.07. The van der Waals surface area contributed by atoms with E-state index in [1.165, 1.54) is 0 Å². The van der Waals surface area contributed by atoms with Gasteiger partial charge in [-0.3, -0.25) is 4.68 Å². The number of ether oxygens (including phenoxy) is 1. The molecular formula is C14H23ClN4O. The van der Waals surface area contributed by atoms with E-state index in [9.17, 15) is 0 Å². The zero-order valence-corrected chi connectivity index (χ0v) is 13.4. The standard InChI is InChI=1S/C14H23ClN4O/c1-5-11-12-14(18(3)17-11)19(8-6-7-9-20-4)13(16-12)10(2)15/h10H,5-9H2,1-4H3. The maximum atomic E-state index is 6.29. The van der Waals surface area contributed by atoms with Crippen LogP contribution in [0.25, 0.3) is 11.2 Å². The van der Waals surface area contributed by atoms with Gasteiger partial charge in [-0.15, -0.1) is 11.6 Å². The molecule has 0 aliphatic carbocycles. The molecule has 0 aromatic carbocycles. The van der Waals surface area contributed by atoms with Crippen molar-refractivity contribution in [2.24, 2.45) is 7.05 Å². The second-order valence-corrected chi connectivity index (χ2v) is 5.69. The van der Waals surface area contributed by atoms with Gasteiger partial charge in [0.1, 0.15) is 11.3 Å². The highest BCUT2D eigenvalue weighted by atomic mass is 35.5. The molecule has 0 aliphatic heterocycles. The molecule has 0 fully saturated rings. The molecule has 0 bridgehead atoms. The van der Waals surface area contributed by atoms with E-state index in [1.807, 2.05) is 18.7 Å². The number of hydrogen-bond acceptors (Lipinski definition) is 3. The summed E-state index contributed by atoms with van der Waals surface area (Å²) in [6.45, 7) is 5.75. The van der Waals surface area contributed by atoms with E-state index in [0.717, 1.165) is 55.1 Å². The normalized spacial score (nSPS) is 13.2. The van der Waals surface area contributed by atoms with Crippen molar-refractivity contribution < 1.29 is 4.74 Å². The minimum Gasteiger partial charge on any atom is -0.385 e. The summed E-state index contributed by atoms with van der Waals surface area (Å²) in [4.78, 5) is 4.72. The number of aryl methyl sites for hydroxylation is 3. The molecule has 2 aromatic heterocycles. The van der Waals surface area contributed by atoms with Crippen LogP contribution in [0.4, 0.5) is 0 Å². The van der Waals surface area contributed by atoms with Crippen molar-refractivity contribution in [3.63, 3.8) is 0 Å². The van der Waals surface area contributed by atoms with E-state index in [0.29, 0.717) is 0 Å². The minimum atomic E-state index is -0.102. The first kappa shape index (κ1) is 15.3. The number of fused-ring (bicyclic) bond motifs is 1. The van der Waals surface area contributed by atoms with Gasteiger partial charge in [-0.25, -0.2) is 4.98 Å². The summed E-state index contributed by atoms with van der Waals surface area (Å²) in [6.07, 6.45) is 2.96. The number of aromatic nitrogens is 4. The third kappa shape index (κ3) is 2.83. The van der Waals surface area contributed by atoms with Crippen LogP contribution in [0.5, 0.6) is 0 Å². The first-order chi connectivity index (χ1) is 9.60. The van der Waals surface area contributed by atoms with Gasteiger partial charge in [0.25, 0.3) is 0 Å². The van der Waals surface area contributed by atoms with Gasteiger partial charge in [0, 0.05) is 27.3 Å². The van der Waals surface area contributed by atoms with E-state index in [4.69, 9.17) is 21.3 Å². The zero-order chi connectivity index (χ0) is 14.7. The molecule has 0 aliphatic rings. The van der Waals surface area contributed by atoms with E-state index >= 15 is 0 Å². The summed E-state index contributed by atoms with van der Waals surface area (Å²) < 4.78 is 9.22. The van der Waals surface area contributed by atoms with Crippen molar-refractivity contribution in [1.82, 2.24) is 19.3 Å². The number of rotatable bonds is 7. The van der Waals surface area contributed by atoms with E-state index in [-0.39, 0.29) is 5.38 Å². The maximum Gasteiger partial charge on any atom is 0.158 e. The number of nitrogens with zero attached hydrogens (tertiary/aromatic N) is 4. The van der Waals surface area contributed by atoms with Crippen LogP contribution < -0.4 is 0 Å². The Morgan fingerprint density at radius 3 is 2.70 bits per heavy atom. The van der Waals surface area contributed by atoms with E-state index < -0.39 is 0 Å². The average Bonchev–Trinajstić information content (AvgIpc) is 2.93. The lowest BCUT2D eigenvalue weighted by molar-refractivity contribution is 0.191. The summed E-state index contributed by atoms with van der Waals surface area (Å²) in [5.74, 6) is 0.932. The van der Waals surface area contributed by atoms with Gasteiger partial charge in [-0.05, 0) is 26.2 Å². The minimum absolute atomic E-state index is 0.102. The van der Waals surface area contributed by atoms with Gasteiger partial charge in [-0.2, -0.15) is 5.10 Å².